The molecule has 0 spiro atoms. The number of nitrogens with zero attached hydrogens (tertiary/aromatic N) is 3. The maximum Gasteiger partial charge on any atom is 0.263 e. The molecule has 1 aromatic heterocycles. The van der Waals surface area contributed by atoms with E-state index in [4.69, 9.17) is 9.47 Å². The maximum absolute atomic E-state index is 13.8. The summed E-state index contributed by atoms with van der Waals surface area (Å²) in [7, 11) is 0. The molecule has 33 heavy (non-hydrogen) atoms. The third-order valence-electron chi connectivity index (χ3n) is 6.10. The van der Waals surface area contributed by atoms with Gasteiger partial charge in [0.25, 0.3) is 5.91 Å². The predicted molar refractivity (Wildman–Crippen MR) is 126 cm³/mol. The number of halogens is 1. The van der Waals surface area contributed by atoms with Crippen molar-refractivity contribution in [3.8, 4) is 11.6 Å². The lowest BCUT2D eigenvalue weighted by atomic mass is 10.1. The number of nitrogens with one attached hydrogen (secondary N) is 1. The van der Waals surface area contributed by atoms with Gasteiger partial charge in [-0.2, -0.15) is 4.98 Å². The molecule has 8 heteroatoms. The van der Waals surface area contributed by atoms with E-state index in [-0.39, 0.29) is 18.3 Å². The van der Waals surface area contributed by atoms with Crippen molar-refractivity contribution < 1.29 is 18.7 Å². The fourth-order valence-electron chi connectivity index (χ4n) is 4.36. The summed E-state index contributed by atoms with van der Waals surface area (Å²) >= 11 is 0. The number of benzene rings is 2. The molecule has 1 saturated heterocycles. The lowest BCUT2D eigenvalue weighted by Gasteiger charge is -2.36. The lowest BCUT2D eigenvalue weighted by Crippen LogP contribution is -2.46. The summed E-state index contributed by atoms with van der Waals surface area (Å²) in [5.41, 5.74) is 1.11. The van der Waals surface area contributed by atoms with Crippen LogP contribution in [-0.4, -0.2) is 61.7 Å². The van der Waals surface area contributed by atoms with Crippen LogP contribution in [0.1, 0.15) is 12.8 Å². The van der Waals surface area contributed by atoms with E-state index in [0.29, 0.717) is 24.1 Å². The number of unbranched alkanes of at least 4 members (excludes halogenated alkanes) is 1. The number of rotatable bonds is 7. The molecule has 0 unspecified atom stereocenters. The molecule has 1 fully saturated rings. The zero-order valence-corrected chi connectivity index (χ0v) is 18.4. The Hall–Kier alpha value is -3.39. The first kappa shape index (κ1) is 21.5. The number of aromatic nitrogens is 1. The fourth-order valence-corrected chi connectivity index (χ4v) is 4.36. The Morgan fingerprint density at radius 1 is 1.06 bits per heavy atom. The largest absolute Gasteiger partial charge is 0.480 e. The molecule has 2 aliphatic heterocycles. The van der Waals surface area contributed by atoms with Crippen LogP contribution in [0.3, 0.4) is 0 Å². The third kappa shape index (κ3) is 5.01. The zero-order chi connectivity index (χ0) is 22.6. The second-order valence-electron chi connectivity index (χ2n) is 8.36. The van der Waals surface area contributed by atoms with Gasteiger partial charge in [-0.3, -0.25) is 9.69 Å². The molecular weight excluding hydrogens is 423 g/mol. The smallest absolute Gasteiger partial charge is 0.263 e. The number of amides is 1. The van der Waals surface area contributed by atoms with Crippen molar-refractivity contribution in [1.29, 1.82) is 0 Å². The van der Waals surface area contributed by atoms with Crippen LogP contribution >= 0.6 is 0 Å². The first-order valence-corrected chi connectivity index (χ1v) is 11.4. The third-order valence-corrected chi connectivity index (χ3v) is 6.10. The number of hydrogen-bond donors (Lipinski definition) is 1. The van der Waals surface area contributed by atoms with E-state index in [0.717, 1.165) is 62.0 Å². The quantitative estimate of drug-likeness (QED) is 0.554. The van der Waals surface area contributed by atoms with Gasteiger partial charge < -0.3 is 19.7 Å². The van der Waals surface area contributed by atoms with Crippen molar-refractivity contribution in [2.24, 2.45) is 0 Å². The molecule has 3 heterocycles. The lowest BCUT2D eigenvalue weighted by molar-refractivity contribution is -0.118. The first-order valence-electron chi connectivity index (χ1n) is 11.4. The summed E-state index contributed by atoms with van der Waals surface area (Å²) in [6.07, 6.45) is 1.95. The number of hydrogen-bond acceptors (Lipinski definition) is 6. The first-order chi connectivity index (χ1) is 16.2. The van der Waals surface area contributed by atoms with Gasteiger partial charge in [0.15, 0.2) is 18.2 Å². The Bertz CT molecular complexity index is 1150. The van der Waals surface area contributed by atoms with Crippen molar-refractivity contribution in [3.05, 3.63) is 54.3 Å². The normalized spacial score (nSPS) is 16.3. The highest BCUT2D eigenvalue weighted by molar-refractivity contribution is 5.95. The van der Waals surface area contributed by atoms with E-state index in [1.54, 1.807) is 18.2 Å². The van der Waals surface area contributed by atoms with E-state index < -0.39 is 0 Å². The second-order valence-corrected chi connectivity index (χ2v) is 8.36. The number of carbonyl (C=O) groups excluding carboxylic acids is 1. The molecule has 172 valence electrons. The van der Waals surface area contributed by atoms with Crippen molar-refractivity contribution in [1.82, 2.24) is 9.88 Å². The molecule has 0 saturated carbocycles. The van der Waals surface area contributed by atoms with Gasteiger partial charge in [-0.1, -0.05) is 18.2 Å². The van der Waals surface area contributed by atoms with Crippen LogP contribution in [-0.2, 0) is 4.79 Å². The molecule has 1 amide bonds. The topological polar surface area (TPSA) is 66.9 Å². The summed E-state index contributed by atoms with van der Waals surface area (Å²) in [5, 5.41) is 4.73. The highest BCUT2D eigenvalue weighted by atomic mass is 19.1. The highest BCUT2D eigenvalue weighted by Crippen LogP contribution is 2.29. The van der Waals surface area contributed by atoms with E-state index in [1.165, 1.54) is 6.07 Å². The van der Waals surface area contributed by atoms with Crippen molar-refractivity contribution in [2.45, 2.75) is 12.8 Å². The average molecular weight is 451 g/mol. The molecule has 7 nitrogen and oxygen atoms in total. The Labute approximate surface area is 192 Å². The SMILES string of the molecule is O=C1COc2ccc(OCCCCN3CCN(c4cccc5ccc(F)cc45)CC3)nc2N1. The van der Waals surface area contributed by atoms with Gasteiger partial charge in [0.2, 0.25) is 5.88 Å². The van der Waals surface area contributed by atoms with Crippen LogP contribution in [0, 0.1) is 5.82 Å². The molecule has 0 radical (unpaired) electrons. The minimum absolute atomic E-state index is 0.0175. The Morgan fingerprint density at radius 2 is 1.94 bits per heavy atom. The highest BCUT2D eigenvalue weighted by Gasteiger charge is 2.19. The van der Waals surface area contributed by atoms with E-state index in [1.807, 2.05) is 18.2 Å². The van der Waals surface area contributed by atoms with Gasteiger partial charge in [-0.15, -0.1) is 0 Å². The van der Waals surface area contributed by atoms with Crippen LogP contribution in [0.15, 0.2) is 48.5 Å². The van der Waals surface area contributed by atoms with E-state index in [2.05, 4.69) is 26.2 Å². The Kier molecular flexibility index (Phi) is 6.26. The zero-order valence-electron chi connectivity index (χ0n) is 18.4. The minimum Gasteiger partial charge on any atom is -0.480 e. The second kappa shape index (κ2) is 9.62. The monoisotopic (exact) mass is 450 g/mol. The van der Waals surface area contributed by atoms with Crippen molar-refractivity contribution in [2.75, 3.05) is 56.2 Å². The molecule has 0 bridgehead atoms. The molecule has 2 aromatic carbocycles. The summed E-state index contributed by atoms with van der Waals surface area (Å²) < 4.78 is 24.8. The molecule has 3 aromatic rings. The van der Waals surface area contributed by atoms with Gasteiger partial charge in [0.1, 0.15) is 5.82 Å². The van der Waals surface area contributed by atoms with Gasteiger partial charge >= 0.3 is 0 Å². The number of fused-ring (bicyclic) bond motifs is 2. The Balaban J connectivity index is 1.06. The summed E-state index contributed by atoms with van der Waals surface area (Å²) in [6.45, 7) is 5.43. The molecule has 0 aliphatic carbocycles. The summed E-state index contributed by atoms with van der Waals surface area (Å²) in [4.78, 5) is 20.5. The number of ether oxygens (including phenoxy) is 2. The number of pyridine rings is 1. The van der Waals surface area contributed by atoms with Crippen molar-refractivity contribution >= 4 is 28.2 Å². The summed E-state index contributed by atoms with van der Waals surface area (Å²) in [6, 6.07) is 14.7. The van der Waals surface area contributed by atoms with Gasteiger partial charge in [0.05, 0.1) is 6.61 Å². The standard InChI is InChI=1S/C25H27FN4O3/c26-19-7-6-18-4-3-5-21(20(18)16-19)30-13-11-29(12-14-30)10-1-2-15-32-24-9-8-22-25(28-24)27-23(31)17-33-22/h3-9,16H,1-2,10-15,17H2,(H,27,28,31). The Morgan fingerprint density at radius 3 is 2.82 bits per heavy atom. The predicted octanol–water partition coefficient (Wildman–Crippen LogP) is 3.69. The van der Waals surface area contributed by atoms with Crippen LogP contribution in [0.4, 0.5) is 15.9 Å². The molecular formula is C25H27FN4O3. The number of piperazine rings is 1. The van der Waals surface area contributed by atoms with Gasteiger partial charge in [-0.25, -0.2) is 4.39 Å². The molecule has 0 atom stereocenters. The maximum atomic E-state index is 13.8. The van der Waals surface area contributed by atoms with E-state index in [9.17, 15) is 9.18 Å². The van der Waals surface area contributed by atoms with Gasteiger partial charge in [0, 0.05) is 43.3 Å². The molecule has 1 N–H and O–H groups in total. The molecule has 2 aliphatic rings. The van der Waals surface area contributed by atoms with Crippen LogP contribution < -0.4 is 19.7 Å². The fraction of sp³-hybridized carbons (Fsp3) is 0.360. The average Bonchev–Trinajstić information content (AvgIpc) is 2.83. The van der Waals surface area contributed by atoms with Crippen LogP contribution in [0.2, 0.25) is 0 Å². The number of anilines is 2. The summed E-state index contributed by atoms with van der Waals surface area (Å²) in [5.74, 6) is 1.06. The van der Waals surface area contributed by atoms with Crippen molar-refractivity contribution in [3.63, 3.8) is 0 Å². The minimum atomic E-state index is -0.208. The van der Waals surface area contributed by atoms with Crippen LogP contribution in [0.5, 0.6) is 11.6 Å². The van der Waals surface area contributed by atoms with E-state index >= 15 is 0 Å². The number of carbonyl (C=O) groups is 1. The molecule has 5 rings (SSSR count). The van der Waals surface area contributed by atoms with Crippen LogP contribution in [0.25, 0.3) is 10.8 Å². The van der Waals surface area contributed by atoms with Gasteiger partial charge in [-0.05, 0) is 49.0 Å².